The van der Waals surface area contributed by atoms with Gasteiger partial charge in [-0.2, -0.15) is 10.1 Å². The molecule has 7 nitrogen and oxygen atoms in total. The van der Waals surface area contributed by atoms with Crippen LogP contribution < -0.4 is 25.3 Å². The molecule has 0 saturated carbocycles. The van der Waals surface area contributed by atoms with E-state index in [1.54, 1.807) is 5.01 Å². The predicted octanol–water partition coefficient (Wildman–Crippen LogP) is 11.7. The average molecular weight is 698 g/mol. The number of carbonyl (C=O) groups is 1. The van der Waals surface area contributed by atoms with Gasteiger partial charge in [0.1, 0.15) is 0 Å². The van der Waals surface area contributed by atoms with Crippen molar-refractivity contribution in [2.45, 2.75) is 122 Å². The minimum atomic E-state index is -0.350. The highest BCUT2D eigenvalue weighted by Crippen LogP contribution is 2.40. The molecule has 2 atom stereocenters. The Labute approximate surface area is 310 Å². The number of hydrazone groups is 1. The monoisotopic (exact) mass is 698 g/mol. The summed E-state index contributed by atoms with van der Waals surface area (Å²) in [5.41, 5.74) is 5.40. The molecule has 0 bridgehead atoms. The molecule has 2 aromatic rings. The van der Waals surface area contributed by atoms with Gasteiger partial charge >= 0.3 is 0 Å². The summed E-state index contributed by atoms with van der Waals surface area (Å²) >= 11 is 0. The number of carbonyl (C=O) groups excluding carboxylic acids is 1. The van der Waals surface area contributed by atoms with E-state index in [2.05, 4.69) is 117 Å². The number of nitrogens with zero attached hydrogens (tertiary/aromatic N) is 3. The molecule has 2 aliphatic heterocycles. The summed E-state index contributed by atoms with van der Waals surface area (Å²) in [7, 11) is 0. The molecule has 0 aliphatic carbocycles. The Kier molecular flexibility index (Phi) is 13.1. The number of allylic oxidation sites excluding steroid dienone is 2. The van der Waals surface area contributed by atoms with Crippen molar-refractivity contribution in [3.63, 3.8) is 0 Å². The van der Waals surface area contributed by atoms with Crippen molar-refractivity contribution in [2.24, 2.45) is 33.2 Å². The molecule has 2 unspecified atom stereocenters. The zero-order chi connectivity index (χ0) is 37.6. The van der Waals surface area contributed by atoms with Gasteiger partial charge in [0.15, 0.2) is 5.75 Å². The van der Waals surface area contributed by atoms with Gasteiger partial charge in [0.25, 0.3) is 5.91 Å². The quantitative estimate of drug-likeness (QED) is 0.181. The number of para-hydroxylation sites is 2. The van der Waals surface area contributed by atoms with E-state index in [1.807, 2.05) is 36.4 Å². The van der Waals surface area contributed by atoms with E-state index >= 15 is 0 Å². The maximum absolute atomic E-state index is 14.4. The number of anilines is 4. The number of ether oxygens (including phenoxy) is 1. The topological polar surface area (TPSA) is 69.2 Å². The van der Waals surface area contributed by atoms with Gasteiger partial charge in [0.2, 0.25) is 5.88 Å². The minimum absolute atomic E-state index is 0.131. The van der Waals surface area contributed by atoms with Crippen molar-refractivity contribution in [1.82, 2.24) is 0 Å². The normalized spacial score (nSPS) is 17.9. The Bertz CT molecular complexity index is 1580. The van der Waals surface area contributed by atoms with Crippen LogP contribution in [0.15, 0.2) is 71.2 Å². The maximum Gasteiger partial charge on any atom is 0.280 e. The highest BCUT2D eigenvalue weighted by atomic mass is 16.5. The fraction of sp³-hybridized carbons (Fsp3) is 0.591. The van der Waals surface area contributed by atoms with Crippen LogP contribution in [0.1, 0.15) is 122 Å². The van der Waals surface area contributed by atoms with Crippen LogP contribution in [0.2, 0.25) is 0 Å². The first-order chi connectivity index (χ1) is 23.9. The van der Waals surface area contributed by atoms with Crippen molar-refractivity contribution in [2.75, 3.05) is 40.2 Å². The molecule has 7 heteroatoms. The molecule has 280 valence electrons. The van der Waals surface area contributed by atoms with E-state index in [9.17, 15) is 4.79 Å². The van der Waals surface area contributed by atoms with E-state index in [0.717, 1.165) is 91.8 Å². The Hall–Kier alpha value is -3.74. The Morgan fingerprint density at radius 2 is 1.45 bits per heavy atom. The molecule has 2 N–H and O–H groups in total. The zero-order valence-corrected chi connectivity index (χ0v) is 33.9. The van der Waals surface area contributed by atoms with Crippen molar-refractivity contribution in [3.8, 4) is 5.75 Å². The van der Waals surface area contributed by atoms with Crippen molar-refractivity contribution in [1.29, 1.82) is 0 Å². The highest BCUT2D eigenvalue weighted by molar-refractivity contribution is 6.32. The first-order valence-corrected chi connectivity index (χ1v) is 19.4. The smallest absolute Gasteiger partial charge is 0.280 e. The third kappa shape index (κ3) is 11.4. The van der Waals surface area contributed by atoms with Crippen LogP contribution in [0.3, 0.4) is 0 Å². The van der Waals surface area contributed by atoms with Gasteiger partial charge in [0, 0.05) is 30.7 Å². The number of unbranched alkanes of at least 4 members (excludes halogenated alkanes) is 1. The number of rotatable bonds is 15. The first-order valence-electron chi connectivity index (χ1n) is 19.4. The van der Waals surface area contributed by atoms with E-state index in [-0.39, 0.29) is 16.7 Å². The second-order valence-electron chi connectivity index (χ2n) is 18.4. The van der Waals surface area contributed by atoms with Gasteiger partial charge in [-0.1, -0.05) is 102 Å². The highest BCUT2D eigenvalue weighted by Gasteiger charge is 2.38. The second kappa shape index (κ2) is 16.7. The molecule has 2 heterocycles. The molecule has 4 rings (SSSR count). The van der Waals surface area contributed by atoms with Crippen LogP contribution in [0.25, 0.3) is 0 Å². The van der Waals surface area contributed by atoms with Gasteiger partial charge in [-0.05, 0) is 97.3 Å². The zero-order valence-electron chi connectivity index (χ0n) is 33.9. The minimum Gasteiger partial charge on any atom is -0.439 e. The second-order valence-corrected chi connectivity index (χ2v) is 18.4. The van der Waals surface area contributed by atoms with Crippen LogP contribution in [0, 0.1) is 28.1 Å². The lowest BCUT2D eigenvalue weighted by Crippen LogP contribution is -2.25. The molecule has 0 fully saturated rings. The van der Waals surface area contributed by atoms with Gasteiger partial charge < -0.3 is 20.3 Å². The average Bonchev–Trinajstić information content (AvgIpc) is 3.54. The number of hydrogen-bond acceptors (Lipinski definition) is 6. The Morgan fingerprint density at radius 3 is 2.06 bits per heavy atom. The van der Waals surface area contributed by atoms with Gasteiger partial charge in [-0.25, -0.2) is 0 Å². The SMILES string of the molecule is CCCCN1/C(=C/C=C2\C(=O)N(c3ccc(NCCC(C)CC(C)(C)C)cc3NCCC(C)CC(C)(C)C)N=C2C(C)(C)C)Oc2ccccc21. The summed E-state index contributed by atoms with van der Waals surface area (Å²) in [6.07, 6.45) is 10.5. The van der Waals surface area contributed by atoms with Gasteiger partial charge in [-0.3, -0.25) is 4.79 Å². The first kappa shape index (κ1) is 40.0. The number of amides is 1. The molecular formula is C44H67N5O2. The lowest BCUT2D eigenvalue weighted by molar-refractivity contribution is -0.114. The lowest BCUT2D eigenvalue weighted by atomic mass is 9.84. The lowest BCUT2D eigenvalue weighted by Gasteiger charge is -2.24. The summed E-state index contributed by atoms with van der Waals surface area (Å²) in [5.74, 6) is 2.65. The number of hydrogen-bond donors (Lipinski definition) is 2. The van der Waals surface area contributed by atoms with Crippen LogP contribution in [0.4, 0.5) is 22.7 Å². The summed E-state index contributed by atoms with van der Waals surface area (Å²) in [6, 6.07) is 14.4. The molecule has 0 aromatic heterocycles. The van der Waals surface area contributed by atoms with Crippen LogP contribution >= 0.6 is 0 Å². The largest absolute Gasteiger partial charge is 0.439 e. The predicted molar refractivity (Wildman–Crippen MR) is 219 cm³/mol. The molecule has 2 aromatic carbocycles. The van der Waals surface area contributed by atoms with Crippen LogP contribution in [-0.2, 0) is 4.79 Å². The molecule has 0 spiro atoms. The van der Waals surface area contributed by atoms with Crippen LogP contribution in [0.5, 0.6) is 5.75 Å². The third-order valence-electron chi connectivity index (χ3n) is 9.42. The van der Waals surface area contributed by atoms with Crippen LogP contribution in [-0.4, -0.2) is 31.3 Å². The Morgan fingerprint density at radius 1 is 0.824 bits per heavy atom. The standard InChI is InChI=1S/C44H67N5O2/c1-13-14-27-48-37-17-15-16-18-38(37)51-39(48)22-20-34-40(44(10,11)12)47-49(41(34)50)36-21-19-33(45-25-23-31(2)29-42(4,5)6)28-35(36)46-26-24-32(3)30-43(7,8)9/h15-22,28,31-32,45-46H,13-14,23-27,29-30H2,1-12H3/b34-20-,39-22-. The number of fused-ring (bicyclic) bond motifs is 1. The summed E-state index contributed by atoms with van der Waals surface area (Å²) in [5, 5.41) is 14.0. The molecule has 51 heavy (non-hydrogen) atoms. The number of nitrogens with one attached hydrogen (secondary N) is 2. The number of benzene rings is 2. The van der Waals surface area contributed by atoms with Crippen molar-refractivity contribution >= 4 is 34.4 Å². The van der Waals surface area contributed by atoms with E-state index in [4.69, 9.17) is 9.84 Å². The molecular weight excluding hydrogens is 631 g/mol. The molecule has 2 aliphatic rings. The van der Waals surface area contributed by atoms with E-state index in [1.165, 1.54) is 6.42 Å². The van der Waals surface area contributed by atoms with Gasteiger partial charge in [0.05, 0.1) is 28.3 Å². The summed E-state index contributed by atoms with van der Waals surface area (Å²) in [6.45, 7) is 29.6. The molecule has 0 saturated heterocycles. The summed E-state index contributed by atoms with van der Waals surface area (Å²) in [4.78, 5) is 16.6. The fourth-order valence-corrected chi connectivity index (χ4v) is 7.34. The third-order valence-corrected chi connectivity index (χ3v) is 9.42. The maximum atomic E-state index is 14.4. The van der Waals surface area contributed by atoms with Crippen molar-refractivity contribution in [3.05, 3.63) is 66.1 Å². The summed E-state index contributed by atoms with van der Waals surface area (Å²) < 4.78 is 6.30. The van der Waals surface area contributed by atoms with E-state index in [0.29, 0.717) is 22.8 Å². The molecule has 0 radical (unpaired) electrons. The fourth-order valence-electron chi connectivity index (χ4n) is 7.34. The molecule has 1 amide bonds. The van der Waals surface area contributed by atoms with Gasteiger partial charge in [-0.15, -0.1) is 0 Å². The van der Waals surface area contributed by atoms with E-state index < -0.39 is 0 Å². The Balaban J connectivity index is 1.63. The van der Waals surface area contributed by atoms with Crippen molar-refractivity contribution < 1.29 is 9.53 Å².